The van der Waals surface area contributed by atoms with Crippen LogP contribution in [0.2, 0.25) is 0 Å². The molecule has 1 saturated carbocycles. The summed E-state index contributed by atoms with van der Waals surface area (Å²) < 4.78 is 7.58. The van der Waals surface area contributed by atoms with Gasteiger partial charge in [-0.25, -0.2) is 4.79 Å². The van der Waals surface area contributed by atoms with Crippen LogP contribution in [0.1, 0.15) is 58.8 Å². The lowest BCUT2D eigenvalue weighted by Gasteiger charge is -2.40. The Hall–Kier alpha value is -3.03. The first kappa shape index (κ1) is 28.5. The zero-order valence-electron chi connectivity index (χ0n) is 23.3. The normalized spacial score (nSPS) is 17.2. The monoisotopic (exact) mass is 512 g/mol. The average Bonchev–Trinajstić information content (AvgIpc) is 2.94. The maximum absolute atomic E-state index is 12.6. The fourth-order valence-electron chi connectivity index (χ4n) is 5.43. The highest BCUT2D eigenvalue weighted by Gasteiger charge is 2.29. The number of rotatable bonds is 6. The van der Waals surface area contributed by atoms with Crippen molar-refractivity contribution in [2.75, 3.05) is 33.3 Å². The lowest BCUT2D eigenvalue weighted by molar-refractivity contribution is -0.138. The quantitative estimate of drug-likeness (QED) is 0.587. The number of hydrogen-bond acceptors (Lipinski definition) is 5. The summed E-state index contributed by atoms with van der Waals surface area (Å²) in [6, 6.07) is 5.06. The van der Waals surface area contributed by atoms with Crippen LogP contribution in [0.25, 0.3) is 10.9 Å². The molecule has 1 saturated heterocycles. The summed E-state index contributed by atoms with van der Waals surface area (Å²) in [5.74, 6) is 1.90. The molecule has 1 aromatic heterocycles. The number of allylic oxidation sites excluding steroid dienone is 1. The van der Waals surface area contributed by atoms with Gasteiger partial charge in [0.2, 0.25) is 5.91 Å². The fourth-order valence-corrected chi connectivity index (χ4v) is 5.43. The van der Waals surface area contributed by atoms with E-state index in [9.17, 15) is 14.4 Å². The van der Waals surface area contributed by atoms with E-state index in [0.717, 1.165) is 43.6 Å². The molecule has 2 fully saturated rings. The number of fused-ring (bicyclic) bond motifs is 1. The van der Waals surface area contributed by atoms with Gasteiger partial charge in [-0.3, -0.25) is 18.7 Å². The molecular weight excluding hydrogens is 468 g/mol. The number of nitrogens with zero attached hydrogens (tertiary/aromatic N) is 4. The van der Waals surface area contributed by atoms with Gasteiger partial charge in [-0.1, -0.05) is 46.1 Å². The first-order valence-electron chi connectivity index (χ1n) is 13.7. The van der Waals surface area contributed by atoms with E-state index in [0.29, 0.717) is 34.4 Å². The lowest BCUT2D eigenvalue weighted by atomic mass is 9.88. The molecule has 0 radical (unpaired) electrons. The summed E-state index contributed by atoms with van der Waals surface area (Å²) in [7, 11) is 4.63. The van der Waals surface area contributed by atoms with Crippen molar-refractivity contribution in [2.24, 2.45) is 25.9 Å². The molecule has 4 rings (SSSR count). The van der Waals surface area contributed by atoms with Crippen LogP contribution in [0.4, 0.5) is 0 Å². The Morgan fingerprint density at radius 2 is 1.65 bits per heavy atom. The van der Waals surface area contributed by atoms with Gasteiger partial charge in [0.15, 0.2) is 0 Å². The number of aromatic nitrogens is 2. The standard InChI is InChI=1S/C18H32N2O.C11H12N2O3/c1-4-8-15(2)16(3)19-11-13-20(14-12-19)18(21)17-9-6-5-7-10-17;1-12-9-5-4-7(16-3)6-8(9)10(14)13(2)11(12)15/h15,17H,3-14H2,1-2H3;4-6H,1-3H3. The van der Waals surface area contributed by atoms with Crippen molar-refractivity contribution < 1.29 is 9.53 Å². The molecule has 0 N–H and O–H groups in total. The van der Waals surface area contributed by atoms with Crippen molar-refractivity contribution >= 4 is 16.8 Å². The van der Waals surface area contributed by atoms with E-state index in [1.165, 1.54) is 56.5 Å². The Morgan fingerprint density at radius 1 is 1.03 bits per heavy atom. The molecule has 1 atom stereocenters. The second-order valence-corrected chi connectivity index (χ2v) is 10.4. The number of ether oxygens (including phenoxy) is 1. The summed E-state index contributed by atoms with van der Waals surface area (Å²) in [4.78, 5) is 40.6. The van der Waals surface area contributed by atoms with Gasteiger partial charge >= 0.3 is 5.69 Å². The third-order valence-electron chi connectivity index (χ3n) is 7.92. The number of methoxy groups -OCH3 is 1. The maximum atomic E-state index is 12.6. The fraction of sp³-hybridized carbons (Fsp3) is 0.621. The third kappa shape index (κ3) is 6.65. The van der Waals surface area contributed by atoms with Crippen molar-refractivity contribution in [2.45, 2.75) is 58.8 Å². The van der Waals surface area contributed by atoms with Crippen molar-refractivity contribution in [3.63, 3.8) is 0 Å². The second kappa shape index (κ2) is 13.0. The largest absolute Gasteiger partial charge is 0.497 e. The Labute approximate surface area is 220 Å². The van der Waals surface area contributed by atoms with E-state index in [4.69, 9.17) is 4.74 Å². The molecule has 0 bridgehead atoms. The minimum atomic E-state index is -0.331. The Balaban J connectivity index is 0.000000213. The molecule has 204 valence electrons. The Kier molecular flexibility index (Phi) is 10.0. The van der Waals surface area contributed by atoms with Crippen LogP contribution in [-0.4, -0.2) is 58.1 Å². The molecule has 2 heterocycles. The molecule has 2 aliphatic rings. The van der Waals surface area contributed by atoms with Gasteiger partial charge in [-0.2, -0.15) is 0 Å². The molecule has 1 aliphatic carbocycles. The average molecular weight is 513 g/mol. The summed E-state index contributed by atoms with van der Waals surface area (Å²) in [6.07, 6.45) is 8.43. The number of aryl methyl sites for hydroxylation is 1. The number of benzene rings is 1. The highest BCUT2D eigenvalue weighted by Crippen LogP contribution is 2.27. The molecule has 37 heavy (non-hydrogen) atoms. The predicted molar refractivity (Wildman–Crippen MR) is 149 cm³/mol. The van der Waals surface area contributed by atoms with E-state index < -0.39 is 0 Å². The van der Waals surface area contributed by atoms with Crippen LogP contribution in [0.15, 0.2) is 40.1 Å². The van der Waals surface area contributed by atoms with E-state index in [2.05, 4.69) is 30.2 Å². The minimum Gasteiger partial charge on any atom is -0.497 e. The number of hydrogen-bond donors (Lipinski definition) is 0. The minimum absolute atomic E-state index is 0.308. The smallest absolute Gasteiger partial charge is 0.330 e. The highest BCUT2D eigenvalue weighted by atomic mass is 16.5. The van der Waals surface area contributed by atoms with Gasteiger partial charge in [0.25, 0.3) is 5.56 Å². The van der Waals surface area contributed by atoms with E-state index in [1.54, 1.807) is 25.2 Å². The topological polar surface area (TPSA) is 76.8 Å². The molecule has 1 amide bonds. The number of piperazine rings is 1. The predicted octanol–water partition coefficient (Wildman–Crippen LogP) is 3.91. The zero-order valence-corrected chi connectivity index (χ0v) is 23.3. The lowest BCUT2D eigenvalue weighted by Crippen LogP contribution is -2.50. The van der Waals surface area contributed by atoms with Gasteiger partial charge in [0.1, 0.15) is 5.75 Å². The van der Waals surface area contributed by atoms with Gasteiger partial charge in [-0.15, -0.1) is 0 Å². The van der Waals surface area contributed by atoms with E-state index in [1.807, 2.05) is 0 Å². The molecule has 1 aliphatic heterocycles. The number of amides is 1. The first-order valence-corrected chi connectivity index (χ1v) is 13.7. The Bertz CT molecular complexity index is 1200. The molecule has 0 spiro atoms. The molecule has 2 aromatic rings. The van der Waals surface area contributed by atoms with Crippen LogP contribution >= 0.6 is 0 Å². The number of carbonyl (C=O) groups excluding carboxylic acids is 1. The Morgan fingerprint density at radius 3 is 2.24 bits per heavy atom. The van der Waals surface area contributed by atoms with Crippen LogP contribution < -0.4 is 16.0 Å². The van der Waals surface area contributed by atoms with Gasteiger partial charge in [0, 0.05) is 51.9 Å². The third-order valence-corrected chi connectivity index (χ3v) is 7.92. The summed E-state index contributed by atoms with van der Waals surface area (Å²) in [5, 5.41) is 0.476. The maximum Gasteiger partial charge on any atom is 0.330 e. The second-order valence-electron chi connectivity index (χ2n) is 10.4. The molecule has 8 nitrogen and oxygen atoms in total. The van der Waals surface area contributed by atoms with Crippen molar-refractivity contribution in [1.29, 1.82) is 0 Å². The molecule has 1 unspecified atom stereocenters. The highest BCUT2D eigenvalue weighted by molar-refractivity contribution is 5.80. The van der Waals surface area contributed by atoms with E-state index in [-0.39, 0.29) is 11.2 Å². The molecule has 8 heteroatoms. The van der Waals surface area contributed by atoms with E-state index >= 15 is 0 Å². The summed E-state index contributed by atoms with van der Waals surface area (Å²) in [5.41, 5.74) is 1.23. The van der Waals surface area contributed by atoms with Gasteiger partial charge < -0.3 is 14.5 Å². The molecular formula is C29H44N4O4. The SMILES string of the molecule is C=C(C(C)CCC)N1CCN(C(=O)C2CCCCC2)CC1.COc1ccc2c(c1)c(=O)n(C)c(=O)n2C. The van der Waals surface area contributed by atoms with Crippen LogP contribution in [0.3, 0.4) is 0 Å². The van der Waals surface area contributed by atoms with Crippen LogP contribution in [0, 0.1) is 11.8 Å². The van der Waals surface area contributed by atoms with Crippen molar-refractivity contribution in [3.05, 3.63) is 51.3 Å². The summed E-state index contributed by atoms with van der Waals surface area (Å²) >= 11 is 0. The molecule has 1 aromatic carbocycles. The van der Waals surface area contributed by atoms with Crippen LogP contribution in [0.5, 0.6) is 5.75 Å². The number of carbonyl (C=O) groups is 1. The first-order chi connectivity index (χ1) is 17.7. The van der Waals surface area contributed by atoms with Crippen molar-refractivity contribution in [1.82, 2.24) is 18.9 Å². The zero-order chi connectivity index (χ0) is 27.1. The summed E-state index contributed by atoms with van der Waals surface area (Å²) in [6.45, 7) is 12.5. The van der Waals surface area contributed by atoms with Crippen molar-refractivity contribution in [3.8, 4) is 5.75 Å². The van der Waals surface area contributed by atoms with Gasteiger partial charge in [0.05, 0.1) is 18.0 Å². The van der Waals surface area contributed by atoms with Gasteiger partial charge in [-0.05, 0) is 43.4 Å². The van der Waals surface area contributed by atoms with Crippen LogP contribution in [-0.2, 0) is 18.9 Å².